The van der Waals surface area contributed by atoms with Gasteiger partial charge < -0.3 is 11.1 Å². The quantitative estimate of drug-likeness (QED) is 0.835. The molecule has 0 saturated heterocycles. The molecule has 3 N–H and O–H groups in total. The minimum absolute atomic E-state index is 0.0635. The molecule has 1 rings (SSSR count). The molecule has 1 aromatic rings. The van der Waals surface area contributed by atoms with E-state index in [4.69, 9.17) is 28.9 Å². The number of alkyl halides is 1. The summed E-state index contributed by atoms with van der Waals surface area (Å²) in [4.78, 5) is 10.9. The lowest BCUT2D eigenvalue weighted by molar-refractivity contribution is -0.118. The molecule has 0 aliphatic carbocycles. The van der Waals surface area contributed by atoms with Crippen LogP contribution in [0.3, 0.4) is 0 Å². The number of carbonyl (C=O) groups is 1. The van der Waals surface area contributed by atoms with Crippen LogP contribution in [-0.4, -0.2) is 18.3 Å². The zero-order valence-electron chi connectivity index (χ0n) is 8.34. The fourth-order valence-electron chi connectivity index (χ4n) is 1.18. The average molecular weight is 326 g/mol. The van der Waals surface area contributed by atoms with Crippen molar-refractivity contribution in [3.63, 3.8) is 0 Å². The van der Waals surface area contributed by atoms with Crippen molar-refractivity contribution in [2.75, 3.05) is 12.4 Å². The van der Waals surface area contributed by atoms with E-state index in [0.29, 0.717) is 11.6 Å². The summed E-state index contributed by atoms with van der Waals surface area (Å²) in [6.07, 6.45) is 0. The normalized spacial score (nSPS) is 12.2. The monoisotopic (exact) mass is 324 g/mol. The maximum Gasteiger partial charge on any atom is 0.234 e. The summed E-state index contributed by atoms with van der Waals surface area (Å²) in [5, 5.41) is 3.22. The molecule has 0 fully saturated rings. The molecule has 0 radical (unpaired) electrons. The first-order chi connectivity index (χ1) is 7.52. The van der Waals surface area contributed by atoms with Gasteiger partial charge in [0.05, 0.1) is 0 Å². The van der Waals surface area contributed by atoms with Gasteiger partial charge in [0.2, 0.25) is 5.91 Å². The standard InChI is InChI=1S/C10H11BrCl2N2O/c11-7-1-6(2-8(13)3-7)9(14)5-15-10(16)4-12/h1-3,9H,4-5,14H2,(H,15,16)/t9-/m0/s1. The van der Waals surface area contributed by atoms with Crippen LogP contribution >= 0.6 is 39.1 Å². The third-order valence-corrected chi connectivity index (χ3v) is 2.87. The molecule has 3 nitrogen and oxygen atoms in total. The molecular formula is C10H11BrCl2N2O. The summed E-state index contributed by atoms with van der Waals surface area (Å²) in [6.45, 7) is 0.332. The second-order valence-corrected chi connectivity index (χ2v) is 4.87. The highest BCUT2D eigenvalue weighted by Gasteiger charge is 2.09. The van der Waals surface area contributed by atoms with Gasteiger partial charge in [-0.2, -0.15) is 0 Å². The van der Waals surface area contributed by atoms with Crippen molar-refractivity contribution in [1.82, 2.24) is 5.32 Å². The van der Waals surface area contributed by atoms with Crippen LogP contribution in [0.5, 0.6) is 0 Å². The molecule has 88 valence electrons. The van der Waals surface area contributed by atoms with Crippen LogP contribution in [0.15, 0.2) is 22.7 Å². The molecule has 0 aliphatic heterocycles. The van der Waals surface area contributed by atoms with Crippen LogP contribution in [0.1, 0.15) is 11.6 Å². The predicted molar refractivity (Wildman–Crippen MR) is 69.8 cm³/mol. The molecule has 0 heterocycles. The number of rotatable bonds is 4. The third-order valence-electron chi connectivity index (χ3n) is 1.95. The first kappa shape index (κ1) is 13.8. The Labute approximate surface area is 112 Å². The number of carbonyl (C=O) groups excluding carboxylic acids is 1. The predicted octanol–water partition coefficient (Wildman–Crippen LogP) is 2.46. The topological polar surface area (TPSA) is 55.1 Å². The molecular weight excluding hydrogens is 315 g/mol. The van der Waals surface area contributed by atoms with Crippen molar-refractivity contribution in [2.24, 2.45) is 5.73 Å². The van der Waals surface area contributed by atoms with E-state index >= 15 is 0 Å². The number of nitrogens with two attached hydrogens (primary N) is 1. The Hall–Kier alpha value is -0.290. The molecule has 1 amide bonds. The van der Waals surface area contributed by atoms with Gasteiger partial charge in [0.1, 0.15) is 5.88 Å². The fraction of sp³-hybridized carbons (Fsp3) is 0.300. The number of amides is 1. The number of hydrogen-bond donors (Lipinski definition) is 2. The van der Waals surface area contributed by atoms with Crippen LogP contribution in [0, 0.1) is 0 Å². The van der Waals surface area contributed by atoms with E-state index in [1.807, 2.05) is 6.07 Å². The highest BCUT2D eigenvalue weighted by molar-refractivity contribution is 9.10. The maximum absolute atomic E-state index is 10.9. The van der Waals surface area contributed by atoms with Crippen molar-refractivity contribution >= 4 is 45.0 Å². The number of halogens is 3. The molecule has 16 heavy (non-hydrogen) atoms. The van der Waals surface area contributed by atoms with Gasteiger partial charge in [0, 0.05) is 22.1 Å². The van der Waals surface area contributed by atoms with E-state index in [0.717, 1.165) is 10.0 Å². The van der Waals surface area contributed by atoms with Gasteiger partial charge in [-0.15, -0.1) is 11.6 Å². The lowest BCUT2D eigenvalue weighted by Crippen LogP contribution is -2.32. The highest BCUT2D eigenvalue weighted by Crippen LogP contribution is 2.22. The highest BCUT2D eigenvalue weighted by atomic mass is 79.9. The van der Waals surface area contributed by atoms with E-state index in [1.54, 1.807) is 12.1 Å². The summed E-state index contributed by atoms with van der Waals surface area (Å²) in [5.41, 5.74) is 6.75. The van der Waals surface area contributed by atoms with Gasteiger partial charge in [-0.1, -0.05) is 27.5 Å². The smallest absolute Gasteiger partial charge is 0.234 e. The first-order valence-corrected chi connectivity index (χ1v) is 6.27. The molecule has 0 bridgehead atoms. The summed E-state index contributed by atoms with van der Waals surface area (Å²) >= 11 is 14.6. The van der Waals surface area contributed by atoms with Crippen molar-refractivity contribution in [3.05, 3.63) is 33.3 Å². The van der Waals surface area contributed by atoms with Gasteiger partial charge in [0.25, 0.3) is 0 Å². The van der Waals surface area contributed by atoms with Crippen molar-refractivity contribution in [2.45, 2.75) is 6.04 Å². The van der Waals surface area contributed by atoms with E-state index in [1.165, 1.54) is 0 Å². The van der Waals surface area contributed by atoms with Gasteiger partial charge in [0.15, 0.2) is 0 Å². The Balaban J connectivity index is 2.65. The lowest BCUT2D eigenvalue weighted by atomic mass is 10.1. The van der Waals surface area contributed by atoms with Gasteiger partial charge >= 0.3 is 0 Å². The zero-order valence-corrected chi connectivity index (χ0v) is 11.4. The van der Waals surface area contributed by atoms with Crippen LogP contribution < -0.4 is 11.1 Å². The molecule has 0 saturated carbocycles. The molecule has 6 heteroatoms. The molecule has 1 atom stereocenters. The summed E-state index contributed by atoms with van der Waals surface area (Å²) in [5.74, 6) is -0.301. The van der Waals surface area contributed by atoms with Crippen LogP contribution in [0.2, 0.25) is 5.02 Å². The largest absolute Gasteiger partial charge is 0.353 e. The van der Waals surface area contributed by atoms with Gasteiger partial charge in [-0.3, -0.25) is 4.79 Å². The lowest BCUT2D eigenvalue weighted by Gasteiger charge is -2.13. The molecule has 1 aromatic carbocycles. The summed E-state index contributed by atoms with van der Waals surface area (Å²) in [6, 6.07) is 5.10. The molecule has 0 aromatic heterocycles. The average Bonchev–Trinajstić information content (AvgIpc) is 2.23. The number of nitrogens with one attached hydrogen (secondary N) is 1. The van der Waals surface area contributed by atoms with E-state index in [-0.39, 0.29) is 17.8 Å². The Morgan fingerprint density at radius 3 is 2.75 bits per heavy atom. The van der Waals surface area contributed by atoms with Crippen molar-refractivity contribution in [1.29, 1.82) is 0 Å². The molecule has 0 unspecified atom stereocenters. The fourth-order valence-corrected chi connectivity index (χ4v) is 2.16. The van der Waals surface area contributed by atoms with Crippen molar-refractivity contribution in [3.8, 4) is 0 Å². The Morgan fingerprint density at radius 2 is 2.19 bits per heavy atom. The van der Waals surface area contributed by atoms with E-state index < -0.39 is 0 Å². The molecule has 0 spiro atoms. The molecule has 0 aliphatic rings. The van der Waals surface area contributed by atoms with E-state index in [2.05, 4.69) is 21.2 Å². The maximum atomic E-state index is 10.9. The van der Waals surface area contributed by atoms with E-state index in [9.17, 15) is 4.79 Å². The van der Waals surface area contributed by atoms with Crippen LogP contribution in [0.4, 0.5) is 0 Å². The second kappa shape index (κ2) is 6.45. The number of benzene rings is 1. The van der Waals surface area contributed by atoms with Crippen LogP contribution in [0.25, 0.3) is 0 Å². The van der Waals surface area contributed by atoms with Crippen molar-refractivity contribution < 1.29 is 4.79 Å². The third kappa shape index (κ3) is 4.29. The van der Waals surface area contributed by atoms with Crippen LogP contribution in [-0.2, 0) is 4.79 Å². The Morgan fingerprint density at radius 1 is 1.50 bits per heavy atom. The first-order valence-electron chi connectivity index (χ1n) is 4.57. The van der Waals surface area contributed by atoms with Gasteiger partial charge in [-0.05, 0) is 23.8 Å². The minimum Gasteiger partial charge on any atom is -0.353 e. The zero-order chi connectivity index (χ0) is 12.1. The summed E-state index contributed by atoms with van der Waals surface area (Å²) in [7, 11) is 0. The summed E-state index contributed by atoms with van der Waals surface area (Å²) < 4.78 is 0.856. The number of hydrogen-bond acceptors (Lipinski definition) is 2. The SMILES string of the molecule is N[C@@H](CNC(=O)CCl)c1cc(Cl)cc(Br)c1. The minimum atomic E-state index is -0.304. The van der Waals surface area contributed by atoms with Gasteiger partial charge in [-0.25, -0.2) is 0 Å². The Kier molecular flexibility index (Phi) is 5.55. The second-order valence-electron chi connectivity index (χ2n) is 3.25. The Bertz CT molecular complexity index is 367.